The number of hydrogen-bond acceptors (Lipinski definition) is 6. The number of aromatic nitrogens is 1. The normalized spacial score (nSPS) is 14.2. The lowest BCUT2D eigenvalue weighted by molar-refractivity contribution is -0.134. The number of piperazine rings is 1. The number of anilines is 2. The number of ether oxygens (including phenoxy) is 1. The van der Waals surface area contributed by atoms with Gasteiger partial charge in [-0.2, -0.15) is 0 Å². The second-order valence-electron chi connectivity index (χ2n) is 6.09. The van der Waals surface area contributed by atoms with Crippen LogP contribution in [0.3, 0.4) is 0 Å². The zero-order valence-corrected chi connectivity index (χ0v) is 14.9. The van der Waals surface area contributed by atoms with E-state index >= 15 is 0 Å². The molecule has 0 aliphatic carbocycles. The standard InChI is InChI=1S/C18H22N4O4/c1-13-11-16(20-26-13)19-17(23)12-18(24)22-9-7-21(8-10-22)14-5-3-4-6-15(14)25-2/h3-6,11H,7-10,12H2,1-2H3,(H,19,20,23). The minimum absolute atomic E-state index is 0.192. The molecule has 0 atom stereocenters. The monoisotopic (exact) mass is 358 g/mol. The summed E-state index contributed by atoms with van der Waals surface area (Å²) in [5, 5.41) is 6.25. The van der Waals surface area contributed by atoms with Crippen LogP contribution in [0.4, 0.5) is 11.5 Å². The van der Waals surface area contributed by atoms with Crippen LogP contribution in [0.5, 0.6) is 5.75 Å². The van der Waals surface area contributed by atoms with Crippen molar-refractivity contribution in [3.05, 3.63) is 36.1 Å². The Hall–Kier alpha value is -3.03. The number of rotatable bonds is 5. The molecule has 1 aromatic heterocycles. The maximum atomic E-state index is 12.3. The zero-order chi connectivity index (χ0) is 18.5. The van der Waals surface area contributed by atoms with Gasteiger partial charge in [0.2, 0.25) is 11.8 Å². The molecule has 2 aromatic rings. The van der Waals surface area contributed by atoms with E-state index in [1.165, 1.54) is 0 Å². The summed E-state index contributed by atoms with van der Waals surface area (Å²) in [7, 11) is 1.65. The quantitative estimate of drug-likeness (QED) is 0.818. The van der Waals surface area contributed by atoms with E-state index in [1.807, 2.05) is 24.3 Å². The Morgan fingerprint density at radius 3 is 2.62 bits per heavy atom. The first-order chi connectivity index (χ1) is 12.6. The van der Waals surface area contributed by atoms with Crippen LogP contribution in [0.1, 0.15) is 12.2 Å². The number of aryl methyl sites for hydroxylation is 1. The van der Waals surface area contributed by atoms with Crippen LogP contribution >= 0.6 is 0 Å². The van der Waals surface area contributed by atoms with E-state index in [2.05, 4.69) is 15.4 Å². The van der Waals surface area contributed by atoms with E-state index in [0.29, 0.717) is 37.8 Å². The number of para-hydroxylation sites is 2. The van der Waals surface area contributed by atoms with Crippen molar-refractivity contribution >= 4 is 23.3 Å². The van der Waals surface area contributed by atoms with Gasteiger partial charge in [0.05, 0.1) is 12.8 Å². The second-order valence-corrected chi connectivity index (χ2v) is 6.09. The number of nitrogens with one attached hydrogen (secondary N) is 1. The number of carbonyl (C=O) groups excluding carboxylic acids is 2. The molecule has 2 amide bonds. The van der Waals surface area contributed by atoms with Gasteiger partial charge in [-0.15, -0.1) is 0 Å². The molecule has 1 aliphatic rings. The lowest BCUT2D eigenvalue weighted by Crippen LogP contribution is -2.49. The van der Waals surface area contributed by atoms with Crippen molar-refractivity contribution in [3.63, 3.8) is 0 Å². The molecule has 1 aliphatic heterocycles. The van der Waals surface area contributed by atoms with Crippen LogP contribution in [0.2, 0.25) is 0 Å². The summed E-state index contributed by atoms with van der Waals surface area (Å²) in [6, 6.07) is 9.42. The van der Waals surface area contributed by atoms with E-state index in [4.69, 9.17) is 9.26 Å². The van der Waals surface area contributed by atoms with Crippen molar-refractivity contribution in [2.45, 2.75) is 13.3 Å². The number of methoxy groups -OCH3 is 1. The highest BCUT2D eigenvalue weighted by molar-refractivity contribution is 6.03. The molecule has 1 saturated heterocycles. The summed E-state index contributed by atoms with van der Waals surface area (Å²) < 4.78 is 10.3. The summed E-state index contributed by atoms with van der Waals surface area (Å²) in [6.45, 7) is 4.24. The van der Waals surface area contributed by atoms with E-state index in [-0.39, 0.29) is 12.3 Å². The highest BCUT2D eigenvalue weighted by Gasteiger charge is 2.24. The molecule has 2 heterocycles. The third-order valence-corrected chi connectivity index (χ3v) is 4.27. The van der Waals surface area contributed by atoms with Gasteiger partial charge in [-0.1, -0.05) is 17.3 Å². The van der Waals surface area contributed by atoms with E-state index in [9.17, 15) is 9.59 Å². The molecule has 1 aromatic carbocycles. The Kier molecular flexibility index (Phi) is 5.40. The number of nitrogens with zero attached hydrogens (tertiary/aromatic N) is 3. The van der Waals surface area contributed by atoms with Gasteiger partial charge >= 0.3 is 0 Å². The Morgan fingerprint density at radius 1 is 1.23 bits per heavy atom. The first kappa shape index (κ1) is 17.8. The summed E-state index contributed by atoms with van der Waals surface area (Å²) in [5.41, 5.74) is 1.02. The van der Waals surface area contributed by atoms with Crippen LogP contribution in [0.25, 0.3) is 0 Å². The maximum absolute atomic E-state index is 12.3. The molecule has 1 fully saturated rings. The van der Waals surface area contributed by atoms with E-state index < -0.39 is 5.91 Å². The van der Waals surface area contributed by atoms with Crippen LogP contribution in [-0.2, 0) is 9.59 Å². The average Bonchev–Trinajstić information content (AvgIpc) is 3.06. The lowest BCUT2D eigenvalue weighted by Gasteiger charge is -2.36. The molecule has 8 nitrogen and oxygen atoms in total. The molecule has 3 rings (SSSR count). The molecule has 0 radical (unpaired) electrons. The predicted molar refractivity (Wildman–Crippen MR) is 96.3 cm³/mol. The van der Waals surface area contributed by atoms with E-state index in [0.717, 1.165) is 11.4 Å². The van der Waals surface area contributed by atoms with Gasteiger partial charge < -0.3 is 24.4 Å². The van der Waals surface area contributed by atoms with Crippen molar-refractivity contribution in [2.75, 3.05) is 43.5 Å². The van der Waals surface area contributed by atoms with Gasteiger partial charge in [0, 0.05) is 32.2 Å². The smallest absolute Gasteiger partial charge is 0.235 e. The maximum Gasteiger partial charge on any atom is 0.235 e. The number of carbonyl (C=O) groups is 2. The molecule has 0 unspecified atom stereocenters. The highest BCUT2D eigenvalue weighted by atomic mass is 16.5. The van der Waals surface area contributed by atoms with Gasteiger partial charge in [0.25, 0.3) is 0 Å². The van der Waals surface area contributed by atoms with E-state index in [1.54, 1.807) is 25.0 Å². The summed E-state index contributed by atoms with van der Waals surface area (Å²) in [5.74, 6) is 1.15. The van der Waals surface area contributed by atoms with Gasteiger partial charge in [-0.25, -0.2) is 0 Å². The molecule has 26 heavy (non-hydrogen) atoms. The fourth-order valence-electron chi connectivity index (χ4n) is 2.95. The third kappa shape index (κ3) is 4.14. The van der Waals surface area contributed by atoms with Crippen LogP contribution in [-0.4, -0.2) is 55.2 Å². The minimum atomic E-state index is -0.393. The molecule has 1 N–H and O–H groups in total. The van der Waals surface area contributed by atoms with Crippen LogP contribution in [0.15, 0.2) is 34.9 Å². The zero-order valence-electron chi connectivity index (χ0n) is 14.9. The van der Waals surface area contributed by atoms with Crippen molar-refractivity contribution < 1.29 is 18.8 Å². The average molecular weight is 358 g/mol. The fraction of sp³-hybridized carbons (Fsp3) is 0.389. The summed E-state index contributed by atoms with van der Waals surface area (Å²) in [4.78, 5) is 28.2. The number of hydrogen-bond donors (Lipinski definition) is 1. The van der Waals surface area contributed by atoms with Gasteiger partial charge in [0.1, 0.15) is 17.9 Å². The molecule has 8 heteroatoms. The van der Waals surface area contributed by atoms with Crippen molar-refractivity contribution in [1.29, 1.82) is 0 Å². The topological polar surface area (TPSA) is 87.9 Å². The molecular formula is C18H22N4O4. The first-order valence-corrected chi connectivity index (χ1v) is 8.45. The van der Waals surface area contributed by atoms with Crippen molar-refractivity contribution in [2.24, 2.45) is 0 Å². The highest BCUT2D eigenvalue weighted by Crippen LogP contribution is 2.28. The summed E-state index contributed by atoms with van der Waals surface area (Å²) in [6.07, 6.45) is -0.208. The van der Waals surface area contributed by atoms with Crippen LogP contribution < -0.4 is 15.0 Å². The first-order valence-electron chi connectivity index (χ1n) is 8.45. The molecule has 138 valence electrons. The van der Waals surface area contributed by atoms with Crippen molar-refractivity contribution in [3.8, 4) is 5.75 Å². The Morgan fingerprint density at radius 2 is 1.96 bits per heavy atom. The molecule has 0 bridgehead atoms. The predicted octanol–water partition coefficient (Wildman–Crippen LogP) is 1.67. The van der Waals surface area contributed by atoms with Gasteiger partial charge in [-0.3, -0.25) is 9.59 Å². The molecular weight excluding hydrogens is 336 g/mol. The molecule has 0 spiro atoms. The Bertz CT molecular complexity index is 781. The SMILES string of the molecule is COc1ccccc1N1CCN(C(=O)CC(=O)Nc2cc(C)on2)CC1. The van der Waals surface area contributed by atoms with Gasteiger partial charge in [0.15, 0.2) is 5.82 Å². The second kappa shape index (κ2) is 7.90. The largest absolute Gasteiger partial charge is 0.495 e. The summed E-state index contributed by atoms with van der Waals surface area (Å²) >= 11 is 0. The number of amides is 2. The van der Waals surface area contributed by atoms with Crippen LogP contribution in [0, 0.1) is 6.92 Å². The Balaban J connectivity index is 1.51. The third-order valence-electron chi connectivity index (χ3n) is 4.27. The Labute approximate surface area is 151 Å². The minimum Gasteiger partial charge on any atom is -0.495 e. The number of benzene rings is 1. The van der Waals surface area contributed by atoms with Gasteiger partial charge in [-0.05, 0) is 19.1 Å². The van der Waals surface area contributed by atoms with Crippen molar-refractivity contribution in [1.82, 2.24) is 10.1 Å². The molecule has 0 saturated carbocycles. The lowest BCUT2D eigenvalue weighted by atomic mass is 10.2. The fourth-order valence-corrected chi connectivity index (χ4v) is 2.95.